The van der Waals surface area contributed by atoms with Crippen molar-refractivity contribution in [2.75, 3.05) is 11.9 Å². The topological polar surface area (TPSA) is 66.5 Å². The first-order valence-corrected chi connectivity index (χ1v) is 14.4. The monoisotopic (exact) mass is 600 g/mol. The number of anilines is 1. The second-order valence-electron chi connectivity index (χ2n) is 10.3. The number of likely N-dealkylation sites (tertiary alicyclic amines) is 1. The van der Waals surface area contributed by atoms with E-state index in [0.29, 0.717) is 35.0 Å². The molecule has 4 aliphatic rings. The van der Waals surface area contributed by atoms with Gasteiger partial charge in [0.25, 0.3) is 0 Å². The van der Waals surface area contributed by atoms with Crippen LogP contribution in [0.2, 0.25) is 10.0 Å². The fourth-order valence-electron chi connectivity index (χ4n) is 6.48. The Hall–Kier alpha value is -2.57. The summed E-state index contributed by atoms with van der Waals surface area (Å²) in [5.74, 6) is -2.32. The highest BCUT2D eigenvalue weighted by molar-refractivity contribution is 6.37. The Balaban J connectivity index is 1.15. The van der Waals surface area contributed by atoms with Crippen LogP contribution in [0, 0.1) is 11.8 Å². The molecule has 7 rings (SSSR count). The largest absolute Gasteiger partial charge is 0.325 e. The summed E-state index contributed by atoms with van der Waals surface area (Å²) in [6, 6.07) is 20.1. The Bertz CT molecular complexity index is 1400. The van der Waals surface area contributed by atoms with Crippen LogP contribution in [0.1, 0.15) is 47.9 Å². The highest BCUT2D eigenvalue weighted by atomic mass is 35.5. The van der Waals surface area contributed by atoms with Crippen molar-refractivity contribution in [1.82, 2.24) is 4.90 Å². The molecule has 3 aliphatic carbocycles. The third kappa shape index (κ3) is 3.93. The summed E-state index contributed by atoms with van der Waals surface area (Å²) in [5.41, 5.74) is 3.66. The summed E-state index contributed by atoms with van der Waals surface area (Å²) < 4.78 is 0. The first kappa shape index (κ1) is 26.6. The van der Waals surface area contributed by atoms with Gasteiger partial charge in [0, 0.05) is 18.0 Å². The van der Waals surface area contributed by atoms with Crippen LogP contribution >= 0.6 is 46.4 Å². The molecule has 2 atom stereocenters. The molecule has 1 aliphatic heterocycles. The van der Waals surface area contributed by atoms with E-state index < -0.39 is 21.6 Å². The molecule has 2 bridgehead atoms. The van der Waals surface area contributed by atoms with Gasteiger partial charge >= 0.3 is 0 Å². The molecule has 1 heterocycles. The number of carbonyl (C=O) groups excluding carboxylic acids is 3. The van der Waals surface area contributed by atoms with Gasteiger partial charge in [0.15, 0.2) is 0 Å². The van der Waals surface area contributed by atoms with Gasteiger partial charge in [0.1, 0.15) is 9.75 Å². The number of benzene rings is 3. The molecule has 200 valence electrons. The molecule has 3 aromatic rings. The molecule has 1 fully saturated rings. The molecule has 0 unspecified atom stereocenters. The van der Waals surface area contributed by atoms with Crippen molar-refractivity contribution in [1.29, 1.82) is 0 Å². The van der Waals surface area contributed by atoms with Crippen LogP contribution < -0.4 is 5.32 Å². The van der Waals surface area contributed by atoms with E-state index in [4.69, 9.17) is 46.4 Å². The van der Waals surface area contributed by atoms with Crippen LogP contribution in [0.4, 0.5) is 5.69 Å². The van der Waals surface area contributed by atoms with Gasteiger partial charge in [-0.25, -0.2) is 0 Å². The van der Waals surface area contributed by atoms with E-state index in [-0.39, 0.29) is 30.7 Å². The van der Waals surface area contributed by atoms with Gasteiger partial charge in [-0.3, -0.25) is 19.3 Å². The second kappa shape index (κ2) is 9.81. The third-order valence-electron chi connectivity index (χ3n) is 8.17. The molecule has 0 radical (unpaired) electrons. The van der Waals surface area contributed by atoms with Crippen LogP contribution in [0.3, 0.4) is 0 Å². The maximum atomic E-state index is 13.8. The molecule has 3 amide bonds. The van der Waals surface area contributed by atoms with Gasteiger partial charge in [-0.2, -0.15) is 0 Å². The predicted octanol–water partition coefficient (Wildman–Crippen LogP) is 7.09. The number of rotatable bonds is 7. The minimum Gasteiger partial charge on any atom is -0.325 e. The molecule has 5 nitrogen and oxygen atoms in total. The molecular formula is C30H24Cl4N2O3. The standard InChI is InChI=1S/C30H24Cl4N2O3/c31-17-13-14-23(22(32)16-17)35-24(37)12-2-1-7-15-36-27(38)25-26(28(36)39)30(34)19-9-4-3-8-18(19)29(25,33)20-10-5-6-11-21(20)30/h3-6,8-11,13-14,16,25-26H,1-2,7,12,15H2,(H,35,37)/t25-,26-,29?,30?/m1/s1. The summed E-state index contributed by atoms with van der Waals surface area (Å²) in [5, 5.41) is 3.64. The molecule has 39 heavy (non-hydrogen) atoms. The van der Waals surface area contributed by atoms with Crippen LogP contribution in [-0.4, -0.2) is 29.2 Å². The van der Waals surface area contributed by atoms with E-state index in [2.05, 4.69) is 5.32 Å². The van der Waals surface area contributed by atoms with Gasteiger partial charge in [-0.05, 0) is 53.3 Å². The Morgan fingerprint density at radius 3 is 1.77 bits per heavy atom. The quantitative estimate of drug-likeness (QED) is 0.179. The smallest absolute Gasteiger partial charge is 0.235 e. The van der Waals surface area contributed by atoms with Gasteiger partial charge < -0.3 is 5.32 Å². The van der Waals surface area contributed by atoms with Crippen LogP contribution in [-0.2, 0) is 24.1 Å². The average Bonchev–Trinajstić information content (AvgIpc) is 3.19. The van der Waals surface area contributed by atoms with E-state index in [1.54, 1.807) is 18.2 Å². The van der Waals surface area contributed by atoms with Crippen molar-refractivity contribution < 1.29 is 14.4 Å². The zero-order chi connectivity index (χ0) is 27.5. The van der Waals surface area contributed by atoms with E-state index in [9.17, 15) is 14.4 Å². The fourth-order valence-corrected chi connectivity index (χ4v) is 8.03. The number of hydrogen-bond acceptors (Lipinski definition) is 3. The predicted molar refractivity (Wildman–Crippen MR) is 153 cm³/mol. The van der Waals surface area contributed by atoms with E-state index in [1.807, 2.05) is 48.5 Å². The van der Waals surface area contributed by atoms with Crippen LogP contribution in [0.5, 0.6) is 0 Å². The third-order valence-corrected chi connectivity index (χ3v) is 10.00. The lowest BCUT2D eigenvalue weighted by Crippen LogP contribution is -2.57. The van der Waals surface area contributed by atoms with E-state index in [1.165, 1.54) is 4.90 Å². The molecule has 0 saturated carbocycles. The number of halogens is 4. The zero-order valence-electron chi connectivity index (χ0n) is 20.7. The number of hydrogen-bond donors (Lipinski definition) is 1. The average molecular weight is 602 g/mol. The molecule has 1 saturated heterocycles. The summed E-state index contributed by atoms with van der Waals surface area (Å²) >= 11 is 26.9. The minimum atomic E-state index is -1.17. The van der Waals surface area contributed by atoms with Gasteiger partial charge in [-0.1, -0.05) is 78.2 Å². The Morgan fingerprint density at radius 1 is 0.769 bits per heavy atom. The normalized spacial score (nSPS) is 26.3. The fraction of sp³-hybridized carbons (Fsp3) is 0.300. The highest BCUT2D eigenvalue weighted by Crippen LogP contribution is 2.69. The van der Waals surface area contributed by atoms with Crippen molar-refractivity contribution in [2.24, 2.45) is 11.8 Å². The lowest BCUT2D eigenvalue weighted by Gasteiger charge is -2.54. The van der Waals surface area contributed by atoms with Gasteiger partial charge in [0.05, 0.1) is 22.5 Å². The van der Waals surface area contributed by atoms with Gasteiger partial charge in [0.2, 0.25) is 17.7 Å². The SMILES string of the molecule is O=C(CCCCCN1C(=O)[C@H]2[C@H](C1=O)C1(Cl)c3ccccc3C2(Cl)c2ccccc21)Nc1ccc(Cl)cc1Cl. The highest BCUT2D eigenvalue weighted by Gasteiger charge is 2.72. The maximum absolute atomic E-state index is 13.8. The zero-order valence-corrected chi connectivity index (χ0v) is 23.7. The molecule has 1 N–H and O–H groups in total. The van der Waals surface area contributed by atoms with Crippen LogP contribution in [0.15, 0.2) is 66.7 Å². The summed E-state index contributed by atoms with van der Waals surface area (Å²) in [7, 11) is 0. The molecule has 0 aromatic heterocycles. The number of nitrogens with zero attached hydrogens (tertiary/aromatic N) is 1. The first-order valence-electron chi connectivity index (χ1n) is 12.9. The van der Waals surface area contributed by atoms with Crippen molar-refractivity contribution in [2.45, 2.75) is 35.4 Å². The van der Waals surface area contributed by atoms with E-state index in [0.717, 1.165) is 22.3 Å². The number of alkyl halides is 2. The lowest BCUT2D eigenvalue weighted by molar-refractivity contribution is -0.140. The van der Waals surface area contributed by atoms with Crippen molar-refractivity contribution in [3.8, 4) is 0 Å². The Morgan fingerprint density at radius 2 is 1.28 bits per heavy atom. The number of nitrogens with one attached hydrogen (secondary N) is 1. The molecular weight excluding hydrogens is 578 g/mol. The molecule has 9 heteroatoms. The van der Waals surface area contributed by atoms with Crippen molar-refractivity contribution in [3.63, 3.8) is 0 Å². The first-order chi connectivity index (χ1) is 18.7. The number of imide groups is 1. The Kier molecular flexibility index (Phi) is 6.70. The van der Waals surface area contributed by atoms with Crippen molar-refractivity contribution >= 4 is 69.8 Å². The Labute approximate surface area is 246 Å². The number of amides is 3. The second-order valence-corrected chi connectivity index (χ2v) is 12.3. The van der Waals surface area contributed by atoms with Gasteiger partial charge in [-0.15, -0.1) is 23.2 Å². The maximum Gasteiger partial charge on any atom is 0.235 e. The number of carbonyl (C=O) groups is 3. The summed E-state index contributed by atoms with van der Waals surface area (Å²) in [6.07, 6.45) is 2.10. The van der Waals surface area contributed by atoms with Crippen LogP contribution in [0.25, 0.3) is 0 Å². The number of unbranched alkanes of at least 4 members (excludes halogenated alkanes) is 2. The molecule has 3 aromatic carbocycles. The lowest BCUT2D eigenvalue weighted by atomic mass is 9.54. The summed E-state index contributed by atoms with van der Waals surface area (Å²) in [4.78, 5) is 39.0. The summed E-state index contributed by atoms with van der Waals surface area (Å²) in [6.45, 7) is 0.252. The van der Waals surface area contributed by atoms with Crippen molar-refractivity contribution in [3.05, 3.63) is 99.0 Å². The van der Waals surface area contributed by atoms with E-state index >= 15 is 0 Å². The minimum absolute atomic E-state index is 0.168. The molecule has 0 spiro atoms.